The lowest BCUT2D eigenvalue weighted by Crippen LogP contribution is -2.17. The largest absolute Gasteiger partial charge is 0.481 e. The van der Waals surface area contributed by atoms with Crippen molar-refractivity contribution in [2.45, 2.75) is 26.7 Å². The van der Waals surface area contributed by atoms with Gasteiger partial charge in [-0.15, -0.1) is 0 Å². The fourth-order valence-corrected chi connectivity index (χ4v) is 1.90. The second-order valence-corrected chi connectivity index (χ2v) is 4.31. The molecule has 0 aliphatic heterocycles. The summed E-state index contributed by atoms with van der Waals surface area (Å²) in [4.78, 5) is 15.1. The van der Waals surface area contributed by atoms with E-state index in [2.05, 4.69) is 4.98 Å². The SMILES string of the molecule is Cc1cc(C(C(=O)O)C(C)C)cc(Cl)n1. The molecule has 1 N–H and O–H groups in total. The quantitative estimate of drug-likeness (QED) is 0.808. The molecule has 15 heavy (non-hydrogen) atoms. The van der Waals surface area contributed by atoms with Gasteiger partial charge in [0.25, 0.3) is 0 Å². The fourth-order valence-electron chi connectivity index (χ4n) is 1.65. The number of hydrogen-bond donors (Lipinski definition) is 1. The Morgan fingerprint density at radius 2 is 2.07 bits per heavy atom. The van der Waals surface area contributed by atoms with E-state index >= 15 is 0 Å². The third-order valence-electron chi connectivity index (χ3n) is 2.24. The van der Waals surface area contributed by atoms with Gasteiger partial charge >= 0.3 is 5.97 Å². The predicted molar refractivity (Wildman–Crippen MR) is 59.2 cm³/mol. The van der Waals surface area contributed by atoms with Crippen molar-refractivity contribution in [1.82, 2.24) is 4.98 Å². The maximum absolute atomic E-state index is 11.1. The van der Waals surface area contributed by atoms with Crippen molar-refractivity contribution in [3.05, 3.63) is 28.5 Å². The van der Waals surface area contributed by atoms with Crippen LogP contribution in [0.4, 0.5) is 0 Å². The fraction of sp³-hybridized carbons (Fsp3) is 0.455. The van der Waals surface area contributed by atoms with Crippen molar-refractivity contribution < 1.29 is 9.90 Å². The number of aliphatic carboxylic acids is 1. The molecule has 1 unspecified atom stereocenters. The highest BCUT2D eigenvalue weighted by atomic mass is 35.5. The van der Waals surface area contributed by atoms with Crippen LogP contribution in [0.5, 0.6) is 0 Å². The Labute approximate surface area is 94.1 Å². The van der Waals surface area contributed by atoms with E-state index in [-0.39, 0.29) is 5.92 Å². The molecule has 0 saturated heterocycles. The van der Waals surface area contributed by atoms with Gasteiger partial charge < -0.3 is 5.11 Å². The van der Waals surface area contributed by atoms with Gasteiger partial charge in [0.05, 0.1) is 5.92 Å². The highest BCUT2D eigenvalue weighted by molar-refractivity contribution is 6.29. The van der Waals surface area contributed by atoms with E-state index in [1.54, 1.807) is 19.1 Å². The van der Waals surface area contributed by atoms with E-state index in [0.717, 1.165) is 11.3 Å². The molecule has 0 amide bonds. The van der Waals surface area contributed by atoms with Crippen LogP contribution in [-0.2, 0) is 4.79 Å². The highest BCUT2D eigenvalue weighted by Gasteiger charge is 2.24. The van der Waals surface area contributed by atoms with Gasteiger partial charge in [-0.05, 0) is 30.5 Å². The van der Waals surface area contributed by atoms with Crippen LogP contribution in [0.25, 0.3) is 0 Å². The number of nitrogens with zero attached hydrogens (tertiary/aromatic N) is 1. The Hall–Kier alpha value is -1.09. The molecule has 0 aliphatic rings. The summed E-state index contributed by atoms with van der Waals surface area (Å²) >= 11 is 5.80. The second-order valence-electron chi connectivity index (χ2n) is 3.92. The number of pyridine rings is 1. The summed E-state index contributed by atoms with van der Waals surface area (Å²) in [6, 6.07) is 3.39. The molecule has 0 bridgehead atoms. The van der Waals surface area contributed by atoms with Crippen molar-refractivity contribution in [1.29, 1.82) is 0 Å². The lowest BCUT2D eigenvalue weighted by Gasteiger charge is -2.16. The maximum atomic E-state index is 11.1. The minimum Gasteiger partial charge on any atom is -0.481 e. The second kappa shape index (κ2) is 4.62. The maximum Gasteiger partial charge on any atom is 0.311 e. The molecular formula is C11H14ClNO2. The molecule has 0 saturated carbocycles. The van der Waals surface area contributed by atoms with Gasteiger partial charge in [-0.25, -0.2) is 4.98 Å². The first-order valence-electron chi connectivity index (χ1n) is 4.78. The van der Waals surface area contributed by atoms with Crippen LogP contribution in [0.1, 0.15) is 31.0 Å². The lowest BCUT2D eigenvalue weighted by molar-refractivity contribution is -0.139. The van der Waals surface area contributed by atoms with Crippen LogP contribution in [0, 0.1) is 12.8 Å². The zero-order valence-corrected chi connectivity index (χ0v) is 9.75. The van der Waals surface area contributed by atoms with E-state index in [1.807, 2.05) is 13.8 Å². The van der Waals surface area contributed by atoms with E-state index in [9.17, 15) is 4.79 Å². The van der Waals surface area contributed by atoms with Gasteiger partial charge in [-0.1, -0.05) is 25.4 Å². The zero-order chi connectivity index (χ0) is 11.6. The smallest absolute Gasteiger partial charge is 0.311 e. The van der Waals surface area contributed by atoms with Gasteiger partial charge in [0.15, 0.2) is 0 Å². The average Bonchev–Trinajstić information content (AvgIpc) is 1.99. The number of carbonyl (C=O) groups is 1. The van der Waals surface area contributed by atoms with Gasteiger partial charge in [0.2, 0.25) is 0 Å². The van der Waals surface area contributed by atoms with Crippen molar-refractivity contribution in [2.24, 2.45) is 5.92 Å². The molecule has 0 fully saturated rings. The van der Waals surface area contributed by atoms with Crippen LogP contribution in [-0.4, -0.2) is 16.1 Å². The van der Waals surface area contributed by atoms with Crippen LogP contribution in [0.15, 0.2) is 12.1 Å². The van der Waals surface area contributed by atoms with Crippen LogP contribution in [0.2, 0.25) is 5.15 Å². The van der Waals surface area contributed by atoms with E-state index in [0.29, 0.717) is 5.15 Å². The van der Waals surface area contributed by atoms with E-state index in [4.69, 9.17) is 16.7 Å². The van der Waals surface area contributed by atoms with Crippen molar-refractivity contribution in [3.63, 3.8) is 0 Å². The van der Waals surface area contributed by atoms with Crippen LogP contribution < -0.4 is 0 Å². The average molecular weight is 228 g/mol. The summed E-state index contributed by atoms with van der Waals surface area (Å²) in [6.45, 7) is 5.56. The molecule has 1 aromatic rings. The Balaban J connectivity index is 3.17. The standard InChI is InChI=1S/C11H14ClNO2/c1-6(2)10(11(14)15)8-4-7(3)13-9(12)5-8/h4-6,10H,1-3H3,(H,14,15). The Morgan fingerprint density at radius 1 is 1.47 bits per heavy atom. The molecule has 0 aliphatic carbocycles. The molecular weight excluding hydrogens is 214 g/mol. The number of carboxylic acid groups (broad SMARTS) is 1. The Morgan fingerprint density at radius 3 is 2.47 bits per heavy atom. The Bertz CT molecular complexity index is 357. The molecule has 3 nitrogen and oxygen atoms in total. The third-order valence-corrected chi connectivity index (χ3v) is 2.43. The minimum absolute atomic E-state index is 0.0281. The molecule has 1 atom stereocenters. The summed E-state index contributed by atoms with van der Waals surface area (Å²) in [5.41, 5.74) is 1.46. The number of halogens is 1. The van der Waals surface area contributed by atoms with Crippen molar-refractivity contribution in [3.8, 4) is 0 Å². The van der Waals surface area contributed by atoms with E-state index < -0.39 is 11.9 Å². The molecule has 1 heterocycles. The lowest BCUT2D eigenvalue weighted by atomic mass is 9.89. The minimum atomic E-state index is -0.827. The summed E-state index contributed by atoms with van der Waals surface area (Å²) in [7, 11) is 0. The van der Waals surface area contributed by atoms with Gasteiger partial charge in [0.1, 0.15) is 5.15 Å². The zero-order valence-electron chi connectivity index (χ0n) is 8.99. The summed E-state index contributed by atoms with van der Waals surface area (Å²) in [6.07, 6.45) is 0. The molecule has 1 aromatic heterocycles. The van der Waals surface area contributed by atoms with E-state index in [1.165, 1.54) is 0 Å². The first-order valence-corrected chi connectivity index (χ1v) is 5.16. The molecule has 4 heteroatoms. The summed E-state index contributed by atoms with van der Waals surface area (Å²) < 4.78 is 0. The van der Waals surface area contributed by atoms with Crippen molar-refractivity contribution >= 4 is 17.6 Å². The first kappa shape index (κ1) is 12.0. The number of carboxylic acids is 1. The topological polar surface area (TPSA) is 50.2 Å². The van der Waals surface area contributed by atoms with Crippen molar-refractivity contribution in [2.75, 3.05) is 0 Å². The van der Waals surface area contributed by atoms with Crippen LogP contribution in [0.3, 0.4) is 0 Å². The number of rotatable bonds is 3. The summed E-state index contributed by atoms with van der Waals surface area (Å²) in [5, 5.41) is 9.46. The first-order chi connectivity index (χ1) is 6.91. The van der Waals surface area contributed by atoms with Gasteiger partial charge in [0, 0.05) is 5.69 Å². The Kier molecular flexibility index (Phi) is 3.69. The normalized spacial score (nSPS) is 12.9. The molecule has 0 aromatic carbocycles. The van der Waals surface area contributed by atoms with Gasteiger partial charge in [-0.2, -0.15) is 0 Å². The molecule has 0 spiro atoms. The number of aromatic nitrogens is 1. The third kappa shape index (κ3) is 2.93. The van der Waals surface area contributed by atoms with Crippen LogP contribution >= 0.6 is 11.6 Å². The predicted octanol–water partition coefficient (Wildman–Crippen LogP) is 2.87. The number of hydrogen-bond acceptors (Lipinski definition) is 2. The highest BCUT2D eigenvalue weighted by Crippen LogP contribution is 2.26. The van der Waals surface area contributed by atoms with Gasteiger partial charge in [-0.3, -0.25) is 4.79 Å². The summed E-state index contributed by atoms with van der Waals surface area (Å²) in [5.74, 6) is -1.32. The molecule has 82 valence electrons. The monoisotopic (exact) mass is 227 g/mol. The number of aryl methyl sites for hydroxylation is 1. The molecule has 1 rings (SSSR count). The molecule has 0 radical (unpaired) electrons.